The molecule has 22 heavy (non-hydrogen) atoms. The first kappa shape index (κ1) is 17.2. The Kier molecular flexibility index (Phi) is 6.15. The van der Waals surface area contributed by atoms with Gasteiger partial charge in [-0.25, -0.2) is 4.79 Å². The van der Waals surface area contributed by atoms with Crippen molar-refractivity contribution in [3.63, 3.8) is 0 Å². The highest BCUT2D eigenvalue weighted by atomic mass is 35.5. The summed E-state index contributed by atoms with van der Waals surface area (Å²) in [6.07, 6.45) is 3.19. The fraction of sp³-hybridized carbons (Fsp3) is 0.500. The zero-order chi connectivity index (χ0) is 16.0. The van der Waals surface area contributed by atoms with Crippen LogP contribution >= 0.6 is 23.4 Å². The molecule has 1 amide bonds. The average molecular weight is 342 g/mol. The van der Waals surface area contributed by atoms with Crippen LogP contribution in [0.2, 0.25) is 5.02 Å². The summed E-state index contributed by atoms with van der Waals surface area (Å²) in [6, 6.07) is 7.58. The fourth-order valence-corrected chi connectivity index (χ4v) is 3.73. The van der Waals surface area contributed by atoms with Gasteiger partial charge in [0.1, 0.15) is 5.54 Å². The monoisotopic (exact) mass is 341 g/mol. The first-order valence-corrected chi connectivity index (χ1v) is 8.81. The molecule has 0 atom stereocenters. The minimum absolute atomic E-state index is 0.126. The van der Waals surface area contributed by atoms with Crippen molar-refractivity contribution in [1.29, 1.82) is 0 Å². The maximum atomic E-state index is 12.1. The molecule has 0 radical (unpaired) electrons. The summed E-state index contributed by atoms with van der Waals surface area (Å²) in [5.74, 6) is 0.558. The predicted octanol–water partition coefficient (Wildman–Crippen LogP) is 3.18. The Morgan fingerprint density at radius 2 is 2.09 bits per heavy atom. The zero-order valence-corrected chi connectivity index (χ0v) is 14.1. The first-order chi connectivity index (χ1) is 10.6. The third-order valence-corrected chi connectivity index (χ3v) is 5.04. The van der Waals surface area contributed by atoms with E-state index in [1.165, 1.54) is 18.9 Å². The first-order valence-electron chi connectivity index (χ1n) is 7.27. The summed E-state index contributed by atoms with van der Waals surface area (Å²) >= 11 is 7.43. The Balaban J connectivity index is 1.83. The number of benzene rings is 1. The minimum atomic E-state index is -0.817. The normalized spacial score (nSPS) is 16.3. The molecule has 1 fully saturated rings. The third-order valence-electron chi connectivity index (χ3n) is 3.80. The Morgan fingerprint density at radius 1 is 1.36 bits per heavy atom. The number of hydrogen-bond acceptors (Lipinski definition) is 4. The molecule has 0 unspecified atom stereocenters. The van der Waals surface area contributed by atoms with Gasteiger partial charge >= 0.3 is 5.97 Å². The summed E-state index contributed by atoms with van der Waals surface area (Å²) in [6.45, 7) is 0. The lowest BCUT2D eigenvalue weighted by Gasteiger charge is -2.27. The summed E-state index contributed by atoms with van der Waals surface area (Å²) in [7, 11) is 1.36. The highest BCUT2D eigenvalue weighted by molar-refractivity contribution is 7.99. The van der Waals surface area contributed by atoms with Crippen LogP contribution < -0.4 is 5.32 Å². The van der Waals surface area contributed by atoms with Crippen molar-refractivity contribution in [3.05, 3.63) is 34.9 Å². The molecule has 4 nitrogen and oxygen atoms in total. The molecule has 2 rings (SSSR count). The van der Waals surface area contributed by atoms with Crippen molar-refractivity contribution < 1.29 is 14.3 Å². The van der Waals surface area contributed by atoms with Crippen LogP contribution in [0.1, 0.15) is 31.2 Å². The summed E-state index contributed by atoms with van der Waals surface area (Å²) in [5, 5.41) is 3.57. The van der Waals surface area contributed by atoms with Crippen LogP contribution in [-0.4, -0.2) is 30.3 Å². The molecule has 1 N–H and O–H groups in total. The van der Waals surface area contributed by atoms with Crippen molar-refractivity contribution in [1.82, 2.24) is 5.32 Å². The van der Waals surface area contributed by atoms with Crippen molar-refractivity contribution in [2.45, 2.75) is 37.0 Å². The number of carbonyl (C=O) groups is 2. The minimum Gasteiger partial charge on any atom is -0.467 e. The molecule has 1 aromatic carbocycles. The molecule has 0 aromatic heterocycles. The Hall–Kier alpha value is -1.20. The fourth-order valence-electron chi connectivity index (χ4n) is 2.75. The lowest BCUT2D eigenvalue weighted by molar-refractivity contribution is -0.150. The molecular formula is C16H20ClNO3S. The van der Waals surface area contributed by atoms with Crippen LogP contribution in [0.4, 0.5) is 0 Å². The second-order valence-electron chi connectivity index (χ2n) is 5.45. The van der Waals surface area contributed by atoms with E-state index >= 15 is 0 Å². The molecule has 1 aliphatic carbocycles. The number of ether oxygens (including phenoxy) is 1. The van der Waals surface area contributed by atoms with Crippen LogP contribution in [0.25, 0.3) is 0 Å². The van der Waals surface area contributed by atoms with E-state index in [0.29, 0.717) is 29.4 Å². The molecule has 0 aliphatic heterocycles. The number of rotatable bonds is 6. The lowest BCUT2D eigenvalue weighted by Crippen LogP contribution is -2.53. The van der Waals surface area contributed by atoms with Gasteiger partial charge in [-0.3, -0.25) is 4.79 Å². The van der Waals surface area contributed by atoms with E-state index in [1.54, 1.807) is 0 Å². The van der Waals surface area contributed by atoms with Gasteiger partial charge < -0.3 is 10.1 Å². The number of halogens is 1. The molecule has 0 spiro atoms. The maximum absolute atomic E-state index is 12.1. The highest BCUT2D eigenvalue weighted by Crippen LogP contribution is 2.31. The van der Waals surface area contributed by atoms with Crippen LogP contribution in [-0.2, 0) is 20.1 Å². The number of thioether (sulfide) groups is 1. The molecule has 6 heteroatoms. The molecule has 0 bridgehead atoms. The van der Waals surface area contributed by atoms with Gasteiger partial charge in [0.2, 0.25) is 5.91 Å². The van der Waals surface area contributed by atoms with Crippen molar-refractivity contribution in [3.8, 4) is 0 Å². The van der Waals surface area contributed by atoms with Crippen LogP contribution in [0, 0.1) is 0 Å². The SMILES string of the molecule is COC(=O)C1(NC(=O)CSCc2cccc(Cl)c2)CCCC1. The second kappa shape index (κ2) is 7.88. The number of carbonyl (C=O) groups excluding carboxylic acids is 2. The number of amides is 1. The Labute approximate surface area is 139 Å². The van der Waals surface area contributed by atoms with Crippen LogP contribution in [0.3, 0.4) is 0 Å². The van der Waals surface area contributed by atoms with E-state index in [1.807, 2.05) is 24.3 Å². The number of esters is 1. The molecule has 1 saturated carbocycles. The van der Waals surface area contributed by atoms with Crippen molar-refractivity contribution in [2.24, 2.45) is 0 Å². The van der Waals surface area contributed by atoms with E-state index in [9.17, 15) is 9.59 Å². The van der Waals surface area contributed by atoms with Gasteiger partial charge in [0.25, 0.3) is 0 Å². The third kappa shape index (κ3) is 4.40. The second-order valence-corrected chi connectivity index (χ2v) is 6.87. The Bertz CT molecular complexity index is 544. The lowest BCUT2D eigenvalue weighted by atomic mass is 9.98. The Morgan fingerprint density at radius 3 is 2.73 bits per heavy atom. The van der Waals surface area contributed by atoms with Gasteiger partial charge in [-0.15, -0.1) is 11.8 Å². The summed E-state index contributed by atoms with van der Waals surface area (Å²) in [4.78, 5) is 24.1. The highest BCUT2D eigenvalue weighted by Gasteiger charge is 2.43. The predicted molar refractivity (Wildman–Crippen MR) is 89.0 cm³/mol. The number of methoxy groups -OCH3 is 1. The molecule has 1 aromatic rings. The van der Waals surface area contributed by atoms with Crippen molar-refractivity contribution in [2.75, 3.05) is 12.9 Å². The molecule has 120 valence electrons. The molecule has 1 aliphatic rings. The summed E-state index contributed by atoms with van der Waals surface area (Å²) < 4.78 is 4.85. The quantitative estimate of drug-likeness (QED) is 0.807. The van der Waals surface area contributed by atoms with E-state index in [4.69, 9.17) is 16.3 Å². The van der Waals surface area contributed by atoms with E-state index in [-0.39, 0.29) is 11.9 Å². The van der Waals surface area contributed by atoms with E-state index in [2.05, 4.69) is 5.32 Å². The zero-order valence-electron chi connectivity index (χ0n) is 12.6. The van der Waals surface area contributed by atoms with Gasteiger partial charge in [0.05, 0.1) is 12.9 Å². The summed E-state index contributed by atoms with van der Waals surface area (Å²) in [5.41, 5.74) is 0.261. The van der Waals surface area contributed by atoms with Crippen LogP contribution in [0.5, 0.6) is 0 Å². The van der Waals surface area contributed by atoms with E-state index in [0.717, 1.165) is 18.4 Å². The standard InChI is InChI=1S/C16H20ClNO3S/c1-21-15(20)16(7-2-3-8-16)18-14(19)11-22-10-12-5-4-6-13(17)9-12/h4-6,9H,2-3,7-8,10-11H2,1H3,(H,18,19). The van der Waals surface area contributed by atoms with Gasteiger partial charge in [-0.1, -0.05) is 36.6 Å². The largest absolute Gasteiger partial charge is 0.467 e. The van der Waals surface area contributed by atoms with Gasteiger partial charge in [-0.2, -0.15) is 0 Å². The van der Waals surface area contributed by atoms with E-state index < -0.39 is 5.54 Å². The maximum Gasteiger partial charge on any atom is 0.331 e. The smallest absolute Gasteiger partial charge is 0.331 e. The van der Waals surface area contributed by atoms with Gasteiger partial charge in [0.15, 0.2) is 0 Å². The topological polar surface area (TPSA) is 55.4 Å². The van der Waals surface area contributed by atoms with Crippen LogP contribution in [0.15, 0.2) is 24.3 Å². The molecule has 0 saturated heterocycles. The van der Waals surface area contributed by atoms with Gasteiger partial charge in [-0.05, 0) is 30.5 Å². The number of hydrogen-bond donors (Lipinski definition) is 1. The number of nitrogens with one attached hydrogen (secondary N) is 1. The molecule has 0 heterocycles. The van der Waals surface area contributed by atoms with Gasteiger partial charge in [0, 0.05) is 10.8 Å². The average Bonchev–Trinajstić information content (AvgIpc) is 2.96. The molecular weight excluding hydrogens is 322 g/mol. The van der Waals surface area contributed by atoms with Crippen molar-refractivity contribution >= 4 is 35.2 Å².